The van der Waals surface area contributed by atoms with Gasteiger partial charge in [-0.15, -0.1) is 0 Å². The monoisotopic (exact) mass is 624 g/mol. The molecule has 0 amide bonds. The molecule has 0 saturated carbocycles. The van der Waals surface area contributed by atoms with E-state index in [1.165, 1.54) is 16.3 Å². The SMILES string of the molecule is c1ccc(-c2cccc(-c3ccc(-c4nc(-c5ccc6ccccc6c5)c5ccccc5n4)c4c3oc3cc5ccccc5cc34)c2)cc1. The summed E-state index contributed by atoms with van der Waals surface area (Å²) in [6.45, 7) is 0. The number of benzene rings is 8. The molecule has 10 rings (SSSR count). The van der Waals surface area contributed by atoms with Crippen LogP contribution < -0.4 is 0 Å². The molecule has 0 aliphatic carbocycles. The summed E-state index contributed by atoms with van der Waals surface area (Å²) in [7, 11) is 0. The van der Waals surface area contributed by atoms with E-state index in [-0.39, 0.29) is 0 Å². The van der Waals surface area contributed by atoms with Gasteiger partial charge in [0.25, 0.3) is 0 Å². The Morgan fingerprint density at radius 3 is 1.92 bits per heavy atom. The summed E-state index contributed by atoms with van der Waals surface area (Å²) in [6, 6.07) is 59.7. The first-order valence-electron chi connectivity index (χ1n) is 16.6. The number of rotatable bonds is 4. The van der Waals surface area contributed by atoms with Crippen LogP contribution in [0.4, 0.5) is 0 Å². The van der Waals surface area contributed by atoms with E-state index >= 15 is 0 Å². The van der Waals surface area contributed by atoms with E-state index in [1.807, 2.05) is 12.1 Å². The van der Waals surface area contributed by atoms with Crippen molar-refractivity contribution in [1.82, 2.24) is 9.97 Å². The second kappa shape index (κ2) is 11.0. The average molecular weight is 625 g/mol. The number of furan rings is 1. The van der Waals surface area contributed by atoms with E-state index < -0.39 is 0 Å². The lowest BCUT2D eigenvalue weighted by atomic mass is 9.95. The molecule has 0 fully saturated rings. The van der Waals surface area contributed by atoms with Crippen LogP contribution in [-0.4, -0.2) is 9.97 Å². The molecule has 0 aliphatic rings. The standard InChI is InChI=1S/C46H28N2O/c1-2-11-29(12-3-1)32-17-10-18-35(25-32)37-23-24-39(43-40-27-33-15-6-7-16-34(33)28-42(40)49-45(37)43)46-47-41-20-9-8-19-38(41)44(48-46)36-22-21-30-13-4-5-14-31(30)26-36/h1-28H. The molecule has 10 aromatic rings. The van der Waals surface area contributed by atoms with Crippen LogP contribution in [-0.2, 0) is 0 Å². The van der Waals surface area contributed by atoms with E-state index in [0.717, 1.165) is 77.1 Å². The Morgan fingerprint density at radius 2 is 1.06 bits per heavy atom. The van der Waals surface area contributed by atoms with Gasteiger partial charge >= 0.3 is 0 Å². The smallest absolute Gasteiger partial charge is 0.161 e. The van der Waals surface area contributed by atoms with Crippen LogP contribution in [0.25, 0.3) is 99.3 Å². The molecule has 3 nitrogen and oxygen atoms in total. The molecule has 8 aromatic carbocycles. The second-order valence-corrected chi connectivity index (χ2v) is 12.6. The van der Waals surface area contributed by atoms with Crippen LogP contribution >= 0.6 is 0 Å². The highest BCUT2D eigenvalue weighted by molar-refractivity contribution is 6.18. The van der Waals surface area contributed by atoms with E-state index in [4.69, 9.17) is 14.4 Å². The molecule has 3 heteroatoms. The molecule has 0 saturated heterocycles. The Labute approximate surface area is 282 Å². The molecule has 228 valence electrons. The Balaban J connectivity index is 1.25. The van der Waals surface area contributed by atoms with Crippen molar-refractivity contribution in [2.45, 2.75) is 0 Å². The molecular weight excluding hydrogens is 597 g/mol. The van der Waals surface area contributed by atoms with Crippen LogP contribution in [0.3, 0.4) is 0 Å². The normalized spacial score (nSPS) is 11.7. The summed E-state index contributed by atoms with van der Waals surface area (Å²) >= 11 is 0. The maximum atomic E-state index is 6.85. The molecule has 2 heterocycles. The maximum absolute atomic E-state index is 6.85. The summed E-state index contributed by atoms with van der Waals surface area (Å²) in [5, 5.41) is 7.78. The fraction of sp³-hybridized carbons (Fsp3) is 0. The van der Waals surface area contributed by atoms with Gasteiger partial charge in [-0.05, 0) is 80.7 Å². The molecule has 0 atom stereocenters. The van der Waals surface area contributed by atoms with Gasteiger partial charge in [-0.25, -0.2) is 9.97 Å². The maximum Gasteiger partial charge on any atom is 0.161 e. The van der Waals surface area contributed by atoms with Crippen molar-refractivity contribution in [3.8, 4) is 44.9 Å². The van der Waals surface area contributed by atoms with Crippen molar-refractivity contribution in [1.29, 1.82) is 0 Å². The van der Waals surface area contributed by atoms with Gasteiger partial charge in [0.05, 0.1) is 11.2 Å². The zero-order chi connectivity index (χ0) is 32.3. The number of hydrogen-bond acceptors (Lipinski definition) is 3. The molecule has 0 radical (unpaired) electrons. The third-order valence-electron chi connectivity index (χ3n) is 9.63. The van der Waals surface area contributed by atoms with E-state index in [9.17, 15) is 0 Å². The fourth-order valence-corrected chi connectivity index (χ4v) is 7.23. The molecule has 2 aromatic heterocycles. The third-order valence-corrected chi connectivity index (χ3v) is 9.63. The van der Waals surface area contributed by atoms with E-state index in [2.05, 4.69) is 158 Å². The highest BCUT2D eigenvalue weighted by Crippen LogP contribution is 2.43. The van der Waals surface area contributed by atoms with Gasteiger partial charge < -0.3 is 4.42 Å². The van der Waals surface area contributed by atoms with Crippen molar-refractivity contribution in [3.05, 3.63) is 170 Å². The van der Waals surface area contributed by atoms with Gasteiger partial charge in [-0.3, -0.25) is 0 Å². The molecular formula is C46H28N2O. The minimum absolute atomic E-state index is 0.673. The predicted octanol–water partition coefficient (Wildman–Crippen LogP) is 12.5. The van der Waals surface area contributed by atoms with Crippen LogP contribution in [0.2, 0.25) is 0 Å². The first-order chi connectivity index (χ1) is 24.3. The largest absolute Gasteiger partial charge is 0.455 e. The average Bonchev–Trinajstić information content (AvgIpc) is 3.54. The Bertz CT molecular complexity index is 2890. The Morgan fingerprint density at radius 1 is 0.388 bits per heavy atom. The Kier molecular flexibility index (Phi) is 6.18. The quantitative estimate of drug-likeness (QED) is 0.196. The Hall–Kier alpha value is -6.58. The fourth-order valence-electron chi connectivity index (χ4n) is 7.23. The van der Waals surface area contributed by atoms with E-state index in [1.54, 1.807) is 0 Å². The van der Waals surface area contributed by atoms with Crippen molar-refractivity contribution < 1.29 is 4.42 Å². The third kappa shape index (κ3) is 4.59. The van der Waals surface area contributed by atoms with Gasteiger partial charge in [0.1, 0.15) is 11.2 Å². The highest BCUT2D eigenvalue weighted by atomic mass is 16.3. The lowest BCUT2D eigenvalue weighted by Crippen LogP contribution is -1.96. The second-order valence-electron chi connectivity index (χ2n) is 12.6. The number of hydrogen-bond donors (Lipinski definition) is 0. The lowest BCUT2D eigenvalue weighted by molar-refractivity contribution is 0.670. The van der Waals surface area contributed by atoms with Crippen LogP contribution in [0.15, 0.2) is 174 Å². The molecule has 0 unspecified atom stereocenters. The number of aromatic nitrogens is 2. The zero-order valence-corrected chi connectivity index (χ0v) is 26.5. The van der Waals surface area contributed by atoms with Gasteiger partial charge in [0.15, 0.2) is 5.82 Å². The number of nitrogens with zero attached hydrogens (tertiary/aromatic N) is 2. The first kappa shape index (κ1) is 27.5. The van der Waals surface area contributed by atoms with Crippen molar-refractivity contribution in [2.75, 3.05) is 0 Å². The topological polar surface area (TPSA) is 38.9 Å². The highest BCUT2D eigenvalue weighted by Gasteiger charge is 2.21. The zero-order valence-electron chi connectivity index (χ0n) is 26.5. The molecule has 49 heavy (non-hydrogen) atoms. The van der Waals surface area contributed by atoms with Crippen molar-refractivity contribution in [3.63, 3.8) is 0 Å². The van der Waals surface area contributed by atoms with Crippen LogP contribution in [0.1, 0.15) is 0 Å². The van der Waals surface area contributed by atoms with Gasteiger partial charge in [0, 0.05) is 32.8 Å². The van der Waals surface area contributed by atoms with Crippen LogP contribution in [0.5, 0.6) is 0 Å². The molecule has 0 bridgehead atoms. The summed E-state index contributed by atoms with van der Waals surface area (Å²) in [5.41, 5.74) is 9.97. The number of para-hydroxylation sites is 1. The van der Waals surface area contributed by atoms with E-state index in [0.29, 0.717) is 5.82 Å². The minimum atomic E-state index is 0.673. The van der Waals surface area contributed by atoms with Gasteiger partial charge in [-0.1, -0.05) is 127 Å². The van der Waals surface area contributed by atoms with Crippen LogP contribution in [0, 0.1) is 0 Å². The summed E-state index contributed by atoms with van der Waals surface area (Å²) < 4.78 is 6.85. The lowest BCUT2D eigenvalue weighted by Gasteiger charge is -2.12. The summed E-state index contributed by atoms with van der Waals surface area (Å²) in [6.07, 6.45) is 0. The van der Waals surface area contributed by atoms with Crippen molar-refractivity contribution in [2.24, 2.45) is 0 Å². The minimum Gasteiger partial charge on any atom is -0.455 e. The molecule has 0 aliphatic heterocycles. The summed E-state index contributed by atoms with van der Waals surface area (Å²) in [5.74, 6) is 0.673. The summed E-state index contributed by atoms with van der Waals surface area (Å²) in [4.78, 5) is 10.5. The van der Waals surface area contributed by atoms with Gasteiger partial charge in [-0.2, -0.15) is 0 Å². The molecule has 0 spiro atoms. The first-order valence-corrected chi connectivity index (χ1v) is 16.6. The van der Waals surface area contributed by atoms with Gasteiger partial charge in [0.2, 0.25) is 0 Å². The molecule has 0 N–H and O–H groups in total. The van der Waals surface area contributed by atoms with Crippen molar-refractivity contribution >= 4 is 54.4 Å². The number of fused-ring (bicyclic) bond motifs is 6. The predicted molar refractivity (Wildman–Crippen MR) is 204 cm³/mol.